The van der Waals surface area contributed by atoms with Crippen molar-refractivity contribution in [3.63, 3.8) is 0 Å². The Balaban J connectivity index is 1.96. The lowest BCUT2D eigenvalue weighted by molar-refractivity contribution is -0.0498. The summed E-state index contributed by atoms with van der Waals surface area (Å²) in [7, 11) is 1.74. The second-order valence-electron chi connectivity index (χ2n) is 5.22. The number of halogens is 2. The van der Waals surface area contributed by atoms with Gasteiger partial charge < -0.3 is 4.74 Å². The molecule has 0 bridgehead atoms. The largest absolute Gasteiger partial charge is 0.435 e. The highest BCUT2D eigenvalue weighted by Gasteiger charge is 2.12. The van der Waals surface area contributed by atoms with E-state index in [9.17, 15) is 8.78 Å². The van der Waals surface area contributed by atoms with Gasteiger partial charge in [-0.3, -0.25) is 4.99 Å². The predicted octanol–water partition coefficient (Wildman–Crippen LogP) is 4.13. The Labute approximate surface area is 136 Å². The third-order valence-corrected chi connectivity index (χ3v) is 4.58. The van der Waals surface area contributed by atoms with Crippen LogP contribution in [-0.2, 0) is 0 Å². The number of benzene rings is 1. The Bertz CT molecular complexity index is 754. The molecule has 4 nitrogen and oxygen atoms in total. The van der Waals surface area contributed by atoms with E-state index in [4.69, 9.17) is 5.10 Å². The number of nitrogens with zero attached hydrogens (tertiary/aromatic N) is 3. The Morgan fingerprint density at radius 3 is 2.48 bits per heavy atom. The van der Waals surface area contributed by atoms with Gasteiger partial charge >= 0.3 is 6.61 Å². The van der Waals surface area contributed by atoms with E-state index in [1.54, 1.807) is 19.2 Å². The molecule has 122 valence electrons. The van der Waals surface area contributed by atoms with Crippen LogP contribution in [0.2, 0.25) is 0 Å². The first kappa shape index (κ1) is 15.9. The summed E-state index contributed by atoms with van der Waals surface area (Å²) in [6, 6.07) is 6.58. The van der Waals surface area contributed by atoms with E-state index in [-0.39, 0.29) is 5.75 Å². The van der Waals surface area contributed by atoms with Crippen LogP contribution in [0.3, 0.4) is 0 Å². The summed E-state index contributed by atoms with van der Waals surface area (Å²) in [4.78, 5) is 5.08. The van der Waals surface area contributed by atoms with Crippen molar-refractivity contribution in [2.45, 2.75) is 32.3 Å². The van der Waals surface area contributed by atoms with Gasteiger partial charge in [-0.1, -0.05) is 0 Å². The van der Waals surface area contributed by atoms with Crippen molar-refractivity contribution in [2.75, 3.05) is 7.05 Å². The normalized spacial score (nSPS) is 15.5. The van der Waals surface area contributed by atoms with Crippen molar-refractivity contribution >= 4 is 17.0 Å². The first-order valence-electron chi connectivity index (χ1n) is 7.42. The number of aromatic nitrogens is 1. The van der Waals surface area contributed by atoms with Crippen LogP contribution in [0.5, 0.6) is 5.75 Å². The Kier molecular flexibility index (Phi) is 4.85. The van der Waals surface area contributed by atoms with E-state index in [0.29, 0.717) is 0 Å². The van der Waals surface area contributed by atoms with Gasteiger partial charge in [0.2, 0.25) is 4.80 Å². The molecule has 1 aromatic heterocycles. The maximum atomic E-state index is 12.2. The number of thiazole rings is 1. The zero-order chi connectivity index (χ0) is 16.2. The van der Waals surface area contributed by atoms with Gasteiger partial charge in [0.15, 0.2) is 0 Å². The van der Waals surface area contributed by atoms with Crippen molar-refractivity contribution in [3.8, 4) is 17.0 Å². The molecule has 0 N–H and O–H groups in total. The quantitative estimate of drug-likeness (QED) is 0.827. The van der Waals surface area contributed by atoms with Gasteiger partial charge in [0, 0.05) is 23.7 Å². The van der Waals surface area contributed by atoms with Gasteiger partial charge in [-0.15, -0.1) is 11.3 Å². The summed E-state index contributed by atoms with van der Waals surface area (Å²) in [5.41, 5.74) is 2.97. The summed E-state index contributed by atoms with van der Waals surface area (Å²) in [6.45, 7) is -2.81. The Morgan fingerprint density at radius 1 is 1.17 bits per heavy atom. The second-order valence-corrected chi connectivity index (χ2v) is 6.05. The number of hydrogen-bond acceptors (Lipinski definition) is 4. The maximum Gasteiger partial charge on any atom is 0.387 e. The monoisotopic (exact) mass is 337 g/mol. The molecule has 1 aliphatic carbocycles. The molecule has 0 radical (unpaired) electrons. The van der Waals surface area contributed by atoms with Crippen LogP contribution in [-0.4, -0.2) is 24.0 Å². The first-order valence-corrected chi connectivity index (χ1v) is 8.30. The number of rotatable bonds is 4. The molecule has 0 aliphatic heterocycles. The fourth-order valence-corrected chi connectivity index (χ4v) is 3.37. The van der Waals surface area contributed by atoms with E-state index >= 15 is 0 Å². The van der Waals surface area contributed by atoms with Crippen LogP contribution in [0.4, 0.5) is 8.78 Å². The lowest BCUT2D eigenvalue weighted by Gasteiger charge is -2.07. The molecule has 7 heteroatoms. The van der Waals surface area contributed by atoms with Crippen molar-refractivity contribution in [3.05, 3.63) is 34.4 Å². The van der Waals surface area contributed by atoms with Crippen LogP contribution in [0, 0.1) is 0 Å². The molecule has 2 aromatic rings. The minimum atomic E-state index is -2.81. The SMILES string of the molecule is CN=c1scc(-c2ccc(OC(F)F)cc2)n1N=C1CCCC1. The fraction of sp³-hybridized carbons (Fsp3) is 0.375. The van der Waals surface area contributed by atoms with Crippen LogP contribution in [0.25, 0.3) is 11.3 Å². The van der Waals surface area contributed by atoms with Crippen LogP contribution in [0.15, 0.2) is 39.7 Å². The zero-order valence-electron chi connectivity index (χ0n) is 12.7. The topological polar surface area (TPSA) is 38.9 Å². The third-order valence-electron chi connectivity index (χ3n) is 3.67. The molecule has 1 saturated carbocycles. The Hall–Kier alpha value is -2.02. The van der Waals surface area contributed by atoms with Crippen LogP contribution >= 0.6 is 11.3 Å². The van der Waals surface area contributed by atoms with Gasteiger partial charge in [0.05, 0.1) is 5.69 Å². The first-order chi connectivity index (χ1) is 11.2. The molecular formula is C16H17F2N3OS. The van der Waals surface area contributed by atoms with Crippen LogP contribution in [0.1, 0.15) is 25.7 Å². The van der Waals surface area contributed by atoms with Gasteiger partial charge in [-0.25, -0.2) is 4.68 Å². The van der Waals surface area contributed by atoms with Crippen LogP contribution < -0.4 is 9.54 Å². The van der Waals surface area contributed by atoms with Crippen molar-refractivity contribution in [2.24, 2.45) is 10.1 Å². The van der Waals surface area contributed by atoms with Crippen molar-refractivity contribution < 1.29 is 13.5 Å². The second kappa shape index (κ2) is 7.04. The number of ether oxygens (including phenoxy) is 1. The lowest BCUT2D eigenvalue weighted by Crippen LogP contribution is -2.13. The lowest BCUT2D eigenvalue weighted by atomic mass is 10.2. The molecular weight excluding hydrogens is 320 g/mol. The molecule has 0 atom stereocenters. The molecule has 1 aromatic carbocycles. The van der Waals surface area contributed by atoms with E-state index < -0.39 is 6.61 Å². The standard InChI is InChI=1S/C16H17F2N3OS/c1-19-16-21(20-12-4-2-3-5-12)14(10-23-16)11-6-8-13(9-7-11)22-15(17)18/h6-10,15H,2-5H2,1H3. The highest BCUT2D eigenvalue weighted by molar-refractivity contribution is 7.07. The molecule has 1 heterocycles. The molecule has 0 saturated heterocycles. The third kappa shape index (κ3) is 3.67. The van der Waals surface area contributed by atoms with E-state index in [2.05, 4.69) is 9.73 Å². The van der Waals surface area contributed by atoms with E-state index in [0.717, 1.165) is 28.9 Å². The zero-order valence-corrected chi connectivity index (χ0v) is 13.5. The van der Waals surface area contributed by atoms with Crippen molar-refractivity contribution in [1.82, 2.24) is 4.68 Å². The summed E-state index contributed by atoms with van der Waals surface area (Å²) in [5, 5.41) is 6.71. The average Bonchev–Trinajstić information content (AvgIpc) is 3.18. The van der Waals surface area contributed by atoms with Crippen molar-refractivity contribution in [1.29, 1.82) is 0 Å². The number of alkyl halides is 2. The highest BCUT2D eigenvalue weighted by Crippen LogP contribution is 2.25. The molecule has 0 unspecified atom stereocenters. The minimum Gasteiger partial charge on any atom is -0.435 e. The summed E-state index contributed by atoms with van der Waals surface area (Å²) in [6.07, 6.45) is 4.40. The van der Waals surface area contributed by atoms with Gasteiger partial charge in [0.1, 0.15) is 5.75 Å². The average molecular weight is 337 g/mol. The summed E-state index contributed by atoms with van der Waals surface area (Å²) >= 11 is 1.51. The number of hydrogen-bond donors (Lipinski definition) is 0. The summed E-state index contributed by atoms with van der Waals surface area (Å²) < 4.78 is 30.7. The van der Waals surface area contributed by atoms with E-state index in [1.165, 1.54) is 42.0 Å². The fourth-order valence-electron chi connectivity index (χ4n) is 2.58. The molecule has 3 rings (SSSR count). The Morgan fingerprint density at radius 2 is 1.87 bits per heavy atom. The smallest absolute Gasteiger partial charge is 0.387 e. The highest BCUT2D eigenvalue weighted by atomic mass is 32.1. The van der Waals surface area contributed by atoms with Gasteiger partial charge in [-0.2, -0.15) is 13.9 Å². The van der Waals surface area contributed by atoms with Gasteiger partial charge in [0.25, 0.3) is 0 Å². The molecule has 1 aliphatic rings. The maximum absolute atomic E-state index is 12.2. The van der Waals surface area contributed by atoms with Gasteiger partial charge in [-0.05, 0) is 49.9 Å². The molecule has 0 spiro atoms. The molecule has 23 heavy (non-hydrogen) atoms. The van der Waals surface area contributed by atoms with E-state index in [1.807, 2.05) is 10.1 Å². The minimum absolute atomic E-state index is 0.146. The molecule has 0 amide bonds. The predicted molar refractivity (Wildman–Crippen MR) is 87.2 cm³/mol. The summed E-state index contributed by atoms with van der Waals surface area (Å²) in [5.74, 6) is 0.146. The molecule has 1 fully saturated rings.